The van der Waals surface area contributed by atoms with Crippen LogP contribution in [-0.4, -0.2) is 42.8 Å². The van der Waals surface area contributed by atoms with Crippen molar-refractivity contribution in [3.8, 4) is 11.5 Å². The normalized spacial score (nSPS) is 29.4. The van der Waals surface area contributed by atoms with Crippen LogP contribution in [-0.2, 0) is 0 Å². The quantitative estimate of drug-likeness (QED) is 0.918. The smallest absolute Gasteiger partial charge is 0.184 e. The van der Waals surface area contributed by atoms with Gasteiger partial charge in [0.15, 0.2) is 11.5 Å². The molecule has 2 atom stereocenters. The van der Waals surface area contributed by atoms with Crippen LogP contribution in [0, 0.1) is 0 Å². The Hall–Kier alpha value is -1.42. The maximum Gasteiger partial charge on any atom is 0.184 e. The Kier molecular flexibility index (Phi) is 2.99. The predicted molar refractivity (Wildman–Crippen MR) is 78.6 cm³/mol. The summed E-state index contributed by atoms with van der Waals surface area (Å²) in [6.45, 7) is 4.78. The Labute approximate surface area is 120 Å². The van der Waals surface area contributed by atoms with Crippen molar-refractivity contribution in [3.05, 3.63) is 18.2 Å². The zero-order valence-electron chi connectivity index (χ0n) is 12.0. The van der Waals surface area contributed by atoms with Gasteiger partial charge in [0.05, 0.1) is 5.69 Å². The van der Waals surface area contributed by atoms with Crippen LogP contribution in [0.2, 0.25) is 0 Å². The molecule has 2 fully saturated rings. The minimum atomic E-state index is 0.516. The van der Waals surface area contributed by atoms with Gasteiger partial charge in [0.2, 0.25) is 0 Å². The fourth-order valence-corrected chi connectivity index (χ4v) is 3.48. The van der Waals surface area contributed by atoms with Crippen molar-refractivity contribution >= 4 is 5.69 Å². The zero-order chi connectivity index (χ0) is 13.5. The fraction of sp³-hybridized carbons (Fsp3) is 0.625. The van der Waals surface area contributed by atoms with E-state index in [0.29, 0.717) is 25.3 Å². The van der Waals surface area contributed by atoms with E-state index in [0.717, 1.165) is 29.8 Å². The first-order chi connectivity index (χ1) is 9.81. The molecule has 1 saturated heterocycles. The lowest BCUT2D eigenvalue weighted by Crippen LogP contribution is -2.31. The lowest BCUT2D eigenvalue weighted by Gasteiger charge is -2.23. The van der Waals surface area contributed by atoms with E-state index in [2.05, 4.69) is 23.2 Å². The summed E-state index contributed by atoms with van der Waals surface area (Å²) in [5.74, 6) is 1.75. The maximum absolute atomic E-state index is 5.78. The largest absolute Gasteiger partial charge is 0.486 e. The summed E-state index contributed by atoms with van der Waals surface area (Å²) in [7, 11) is 0. The summed E-state index contributed by atoms with van der Waals surface area (Å²) in [6, 6.07) is 8.17. The number of ether oxygens (including phenoxy) is 2. The summed E-state index contributed by atoms with van der Waals surface area (Å²) in [6.07, 6.45) is 3.98. The average molecular weight is 274 g/mol. The summed E-state index contributed by atoms with van der Waals surface area (Å²) in [5, 5.41) is 3.67. The highest BCUT2D eigenvalue weighted by Gasteiger charge is 2.38. The molecule has 1 aliphatic carbocycles. The second-order valence-electron chi connectivity index (χ2n) is 6.18. The van der Waals surface area contributed by atoms with E-state index >= 15 is 0 Å². The van der Waals surface area contributed by atoms with Crippen molar-refractivity contribution in [2.75, 3.05) is 25.1 Å². The third-order valence-corrected chi connectivity index (χ3v) is 4.56. The molecule has 1 aromatic rings. The molecular weight excluding hydrogens is 252 g/mol. The van der Waals surface area contributed by atoms with Gasteiger partial charge in [-0.15, -0.1) is 0 Å². The second-order valence-corrected chi connectivity index (χ2v) is 6.18. The minimum Gasteiger partial charge on any atom is -0.486 e. The van der Waals surface area contributed by atoms with Crippen LogP contribution >= 0.6 is 0 Å². The molecule has 2 aliphatic heterocycles. The number of para-hydroxylation sites is 1. The van der Waals surface area contributed by atoms with Gasteiger partial charge in [-0.2, -0.15) is 0 Å². The van der Waals surface area contributed by atoms with Gasteiger partial charge in [-0.1, -0.05) is 6.07 Å². The average Bonchev–Trinajstić information content (AvgIpc) is 3.24. The van der Waals surface area contributed by atoms with Crippen LogP contribution in [0.1, 0.15) is 26.2 Å². The van der Waals surface area contributed by atoms with Gasteiger partial charge in [-0.25, -0.2) is 0 Å². The standard InChI is InChI=1S/C16H22N2O2/c1-11-9-12(10-18(11)13-5-6-13)17-14-3-2-4-15-16(14)20-8-7-19-15/h2-4,11-13,17H,5-10H2,1H3/t11-,12-/m1/s1. The Balaban J connectivity index is 1.49. The van der Waals surface area contributed by atoms with Crippen molar-refractivity contribution in [2.24, 2.45) is 0 Å². The molecule has 2 heterocycles. The molecule has 20 heavy (non-hydrogen) atoms. The summed E-state index contributed by atoms with van der Waals surface area (Å²) < 4.78 is 11.4. The van der Waals surface area contributed by atoms with E-state index in [-0.39, 0.29) is 0 Å². The molecule has 4 rings (SSSR count). The number of nitrogens with one attached hydrogen (secondary N) is 1. The van der Waals surface area contributed by atoms with E-state index in [4.69, 9.17) is 9.47 Å². The van der Waals surface area contributed by atoms with Crippen molar-refractivity contribution in [1.82, 2.24) is 4.90 Å². The molecule has 0 amide bonds. The number of benzene rings is 1. The third kappa shape index (κ3) is 2.22. The molecule has 1 N–H and O–H groups in total. The highest BCUT2D eigenvalue weighted by atomic mass is 16.6. The molecule has 0 unspecified atom stereocenters. The van der Waals surface area contributed by atoms with Crippen LogP contribution in [0.25, 0.3) is 0 Å². The van der Waals surface area contributed by atoms with Gasteiger partial charge in [0, 0.05) is 24.7 Å². The molecule has 1 saturated carbocycles. The van der Waals surface area contributed by atoms with Gasteiger partial charge < -0.3 is 14.8 Å². The molecule has 1 aromatic carbocycles. The molecule has 0 bridgehead atoms. The van der Waals surface area contributed by atoms with Crippen molar-refractivity contribution in [3.63, 3.8) is 0 Å². The highest BCUT2D eigenvalue weighted by Crippen LogP contribution is 2.39. The number of rotatable bonds is 3. The topological polar surface area (TPSA) is 33.7 Å². The first kappa shape index (κ1) is 12.3. The SMILES string of the molecule is C[C@@H]1C[C@@H](Nc2cccc3c2OCCO3)CN1C1CC1. The number of nitrogens with zero attached hydrogens (tertiary/aromatic N) is 1. The lowest BCUT2D eigenvalue weighted by molar-refractivity contribution is 0.172. The Morgan fingerprint density at radius 3 is 2.90 bits per heavy atom. The number of fused-ring (bicyclic) bond motifs is 1. The summed E-state index contributed by atoms with van der Waals surface area (Å²) >= 11 is 0. The first-order valence-electron chi connectivity index (χ1n) is 7.72. The molecular formula is C16H22N2O2. The van der Waals surface area contributed by atoms with Gasteiger partial charge in [-0.05, 0) is 38.3 Å². The number of hydrogen-bond donors (Lipinski definition) is 1. The summed E-state index contributed by atoms with van der Waals surface area (Å²) in [4.78, 5) is 2.66. The highest BCUT2D eigenvalue weighted by molar-refractivity contribution is 5.64. The monoisotopic (exact) mass is 274 g/mol. The summed E-state index contributed by atoms with van der Waals surface area (Å²) in [5.41, 5.74) is 1.08. The van der Waals surface area contributed by atoms with E-state index in [1.54, 1.807) is 0 Å². The zero-order valence-corrected chi connectivity index (χ0v) is 12.0. The lowest BCUT2D eigenvalue weighted by atomic mass is 10.1. The van der Waals surface area contributed by atoms with Crippen molar-refractivity contribution in [2.45, 2.75) is 44.3 Å². The second kappa shape index (κ2) is 4.85. The molecule has 0 radical (unpaired) electrons. The Bertz CT molecular complexity index is 501. The maximum atomic E-state index is 5.78. The minimum absolute atomic E-state index is 0.516. The van der Waals surface area contributed by atoms with E-state index in [1.807, 2.05) is 12.1 Å². The third-order valence-electron chi connectivity index (χ3n) is 4.56. The van der Waals surface area contributed by atoms with Crippen LogP contribution in [0.4, 0.5) is 5.69 Å². The molecule has 108 valence electrons. The van der Waals surface area contributed by atoms with E-state index < -0.39 is 0 Å². The Morgan fingerprint density at radius 1 is 1.20 bits per heavy atom. The van der Waals surface area contributed by atoms with Gasteiger partial charge in [0.1, 0.15) is 13.2 Å². The predicted octanol–water partition coefficient (Wildman–Crippen LogP) is 2.49. The molecule has 4 nitrogen and oxygen atoms in total. The molecule has 0 aromatic heterocycles. The van der Waals surface area contributed by atoms with Crippen molar-refractivity contribution in [1.29, 1.82) is 0 Å². The van der Waals surface area contributed by atoms with Crippen LogP contribution in [0.3, 0.4) is 0 Å². The molecule has 3 aliphatic rings. The van der Waals surface area contributed by atoms with E-state index in [1.165, 1.54) is 19.3 Å². The molecule has 0 spiro atoms. The van der Waals surface area contributed by atoms with Gasteiger partial charge >= 0.3 is 0 Å². The van der Waals surface area contributed by atoms with Crippen LogP contribution < -0.4 is 14.8 Å². The Morgan fingerprint density at radius 2 is 2.05 bits per heavy atom. The fourth-order valence-electron chi connectivity index (χ4n) is 3.48. The van der Waals surface area contributed by atoms with Crippen molar-refractivity contribution < 1.29 is 9.47 Å². The van der Waals surface area contributed by atoms with E-state index in [9.17, 15) is 0 Å². The van der Waals surface area contributed by atoms with Crippen LogP contribution in [0.15, 0.2) is 18.2 Å². The van der Waals surface area contributed by atoms with Gasteiger partial charge in [-0.3, -0.25) is 4.90 Å². The van der Waals surface area contributed by atoms with Gasteiger partial charge in [0.25, 0.3) is 0 Å². The number of hydrogen-bond acceptors (Lipinski definition) is 4. The number of anilines is 1. The van der Waals surface area contributed by atoms with Crippen LogP contribution in [0.5, 0.6) is 11.5 Å². The molecule has 4 heteroatoms. The number of likely N-dealkylation sites (tertiary alicyclic amines) is 1. The first-order valence-corrected chi connectivity index (χ1v) is 7.72.